The summed E-state index contributed by atoms with van der Waals surface area (Å²) in [5, 5.41) is 21.1. The van der Waals surface area contributed by atoms with Crippen molar-refractivity contribution in [3.05, 3.63) is 60.2 Å². The zero-order valence-electron chi connectivity index (χ0n) is 19.0. The van der Waals surface area contributed by atoms with Gasteiger partial charge in [-0.2, -0.15) is 0 Å². The average Bonchev–Trinajstić information content (AvgIpc) is 3.29. The van der Waals surface area contributed by atoms with E-state index in [4.69, 9.17) is 9.47 Å². The van der Waals surface area contributed by atoms with Crippen LogP contribution in [0, 0.1) is 11.8 Å². The van der Waals surface area contributed by atoms with Crippen LogP contribution in [0.3, 0.4) is 0 Å². The molecule has 2 N–H and O–H groups in total. The first-order valence-electron chi connectivity index (χ1n) is 11.0. The van der Waals surface area contributed by atoms with Crippen molar-refractivity contribution in [2.24, 2.45) is 11.8 Å². The summed E-state index contributed by atoms with van der Waals surface area (Å²) in [7, 11) is 0. The van der Waals surface area contributed by atoms with Crippen molar-refractivity contribution >= 4 is 17.8 Å². The molecule has 8 nitrogen and oxygen atoms in total. The van der Waals surface area contributed by atoms with Crippen LogP contribution in [-0.4, -0.2) is 50.3 Å². The van der Waals surface area contributed by atoms with Crippen LogP contribution in [-0.2, 0) is 16.1 Å². The number of fused-ring (bicyclic) bond motifs is 1. The van der Waals surface area contributed by atoms with Crippen LogP contribution in [0.2, 0.25) is 0 Å². The number of aromatic nitrogens is 2. The van der Waals surface area contributed by atoms with Crippen LogP contribution in [0.15, 0.2) is 49.1 Å². The van der Waals surface area contributed by atoms with Gasteiger partial charge in [-0.15, -0.1) is 0 Å². The molecule has 0 radical (unpaired) electrons. The monoisotopic (exact) mass is 454 g/mol. The quantitative estimate of drug-likeness (QED) is 0.681. The first kappa shape index (κ1) is 24.3. The number of allylic oxidation sites excluding steroid dienone is 1. The highest BCUT2D eigenvalue weighted by Crippen LogP contribution is 2.31. The Bertz CT molecular complexity index is 1030. The number of imidazole rings is 1. The lowest BCUT2D eigenvalue weighted by molar-refractivity contribution is -0.120. The molecule has 8 heteroatoms. The summed E-state index contributed by atoms with van der Waals surface area (Å²) < 4.78 is 13.2. The third-order valence-electron chi connectivity index (χ3n) is 5.80. The molecule has 0 fully saturated rings. The minimum Gasteiger partial charge on any atom is -0.507 e. The summed E-state index contributed by atoms with van der Waals surface area (Å²) in [6.45, 7) is 6.13. The molecule has 1 aromatic carbocycles. The molecule has 1 aliphatic heterocycles. The fourth-order valence-electron chi connectivity index (χ4n) is 3.37. The Balaban J connectivity index is 1.89. The first-order chi connectivity index (χ1) is 15.8. The smallest absolute Gasteiger partial charge is 0.342 e. The van der Waals surface area contributed by atoms with Crippen LogP contribution in [0.4, 0.5) is 0 Å². The topological polar surface area (TPSA) is 111 Å². The predicted molar refractivity (Wildman–Crippen MR) is 123 cm³/mol. The second-order valence-electron chi connectivity index (χ2n) is 8.28. The van der Waals surface area contributed by atoms with Gasteiger partial charge in [-0.25, -0.2) is 9.78 Å². The number of hydrogen-bond donors (Lipinski definition) is 2. The number of nitrogens with zero attached hydrogens (tertiary/aromatic N) is 2. The number of hydrogen-bond acceptors (Lipinski definition) is 7. The number of esters is 1. The molecule has 0 aliphatic carbocycles. The molecule has 0 saturated carbocycles. The van der Waals surface area contributed by atoms with Crippen molar-refractivity contribution in [3.63, 3.8) is 0 Å². The van der Waals surface area contributed by atoms with E-state index in [2.05, 4.69) is 4.98 Å². The van der Waals surface area contributed by atoms with Gasteiger partial charge in [0.25, 0.3) is 0 Å². The second kappa shape index (κ2) is 11.0. The maximum absolute atomic E-state index is 12.9. The second-order valence-corrected chi connectivity index (χ2v) is 8.28. The Morgan fingerprint density at radius 3 is 2.73 bits per heavy atom. The fraction of sp³-hybridized carbons (Fsp3) is 0.400. The zero-order chi connectivity index (χ0) is 24.0. The van der Waals surface area contributed by atoms with E-state index in [-0.39, 0.29) is 29.4 Å². The molecule has 4 atom stereocenters. The number of phenolic OH excluding ortho intramolecular Hbond substituents is 1. The third-order valence-corrected chi connectivity index (χ3v) is 5.80. The lowest BCUT2D eigenvalue weighted by Crippen LogP contribution is -2.25. The van der Waals surface area contributed by atoms with Gasteiger partial charge >= 0.3 is 5.97 Å². The number of carbonyl (C=O) groups is 2. The average molecular weight is 455 g/mol. The highest BCUT2D eigenvalue weighted by molar-refractivity contribution is 5.97. The maximum Gasteiger partial charge on any atom is 0.342 e. The van der Waals surface area contributed by atoms with Gasteiger partial charge in [0.2, 0.25) is 0 Å². The SMILES string of the molecule is C[C@@H]1/C=C\C(=O)[C@@H](C)[C@@H](O)C/C=C/c2cc(OCCn3ccnc3)cc(O)c2C(=O)O[C@H]1C. The number of rotatable bonds is 4. The molecule has 0 bridgehead atoms. The summed E-state index contributed by atoms with van der Waals surface area (Å²) in [5.74, 6) is -1.56. The van der Waals surface area contributed by atoms with Crippen molar-refractivity contribution in [1.29, 1.82) is 0 Å². The summed E-state index contributed by atoms with van der Waals surface area (Å²) >= 11 is 0. The minimum absolute atomic E-state index is 0.0203. The van der Waals surface area contributed by atoms with Crippen molar-refractivity contribution in [1.82, 2.24) is 9.55 Å². The molecule has 3 rings (SSSR count). The minimum atomic E-state index is -0.882. The van der Waals surface area contributed by atoms with Crippen molar-refractivity contribution < 1.29 is 29.3 Å². The van der Waals surface area contributed by atoms with Crippen LogP contribution >= 0.6 is 0 Å². The van der Waals surface area contributed by atoms with E-state index in [0.29, 0.717) is 24.5 Å². The number of cyclic esters (lactones) is 1. The molecular weight excluding hydrogens is 424 g/mol. The number of aromatic hydroxyl groups is 1. The van der Waals surface area contributed by atoms with Crippen molar-refractivity contribution in [2.75, 3.05) is 6.61 Å². The van der Waals surface area contributed by atoms with Gasteiger partial charge in [0.05, 0.1) is 19.0 Å². The first-order valence-corrected chi connectivity index (χ1v) is 11.0. The number of aliphatic hydroxyl groups excluding tert-OH is 1. The summed E-state index contributed by atoms with van der Waals surface area (Å²) in [4.78, 5) is 29.2. The normalized spacial score (nSPS) is 26.1. The molecule has 1 aliphatic rings. The highest BCUT2D eigenvalue weighted by atomic mass is 16.5. The van der Waals surface area contributed by atoms with Crippen LogP contribution in [0.25, 0.3) is 6.08 Å². The fourth-order valence-corrected chi connectivity index (χ4v) is 3.37. The Morgan fingerprint density at radius 1 is 1.21 bits per heavy atom. The lowest BCUT2D eigenvalue weighted by Gasteiger charge is -2.20. The van der Waals surface area contributed by atoms with E-state index in [1.165, 1.54) is 12.1 Å². The molecule has 33 heavy (non-hydrogen) atoms. The highest BCUT2D eigenvalue weighted by Gasteiger charge is 2.24. The van der Waals surface area contributed by atoms with E-state index in [1.807, 2.05) is 17.7 Å². The van der Waals surface area contributed by atoms with Crippen LogP contribution in [0.5, 0.6) is 11.5 Å². The number of ether oxygens (including phenoxy) is 2. The van der Waals surface area contributed by atoms with Gasteiger partial charge < -0.3 is 24.3 Å². The third kappa shape index (κ3) is 6.32. The molecule has 0 amide bonds. The number of carbonyl (C=O) groups excluding carboxylic acids is 2. The molecule has 1 aromatic heterocycles. The Kier molecular flexibility index (Phi) is 8.06. The van der Waals surface area contributed by atoms with Crippen LogP contribution < -0.4 is 4.74 Å². The van der Waals surface area contributed by atoms with E-state index >= 15 is 0 Å². The predicted octanol–water partition coefficient (Wildman–Crippen LogP) is 3.39. The molecule has 0 unspecified atom stereocenters. The van der Waals surface area contributed by atoms with E-state index in [9.17, 15) is 19.8 Å². The number of ketones is 1. The Morgan fingerprint density at radius 2 is 2.00 bits per heavy atom. The van der Waals surface area contributed by atoms with Gasteiger partial charge in [0.15, 0.2) is 5.78 Å². The lowest BCUT2D eigenvalue weighted by atomic mass is 9.94. The largest absolute Gasteiger partial charge is 0.507 e. The molecule has 176 valence electrons. The van der Waals surface area contributed by atoms with E-state index in [0.717, 1.165) is 0 Å². The zero-order valence-corrected chi connectivity index (χ0v) is 19.0. The van der Waals surface area contributed by atoms with Gasteiger partial charge in [0, 0.05) is 30.3 Å². The van der Waals surface area contributed by atoms with Gasteiger partial charge in [-0.1, -0.05) is 32.1 Å². The van der Waals surface area contributed by atoms with Gasteiger partial charge in [0.1, 0.15) is 29.8 Å². The molecule has 0 spiro atoms. The maximum atomic E-state index is 12.9. The number of aliphatic hydroxyl groups is 1. The van der Waals surface area contributed by atoms with Crippen molar-refractivity contribution in [3.8, 4) is 11.5 Å². The number of benzene rings is 1. The van der Waals surface area contributed by atoms with Gasteiger partial charge in [-0.3, -0.25) is 4.79 Å². The Hall–Kier alpha value is -3.39. The summed E-state index contributed by atoms with van der Waals surface area (Å²) in [5.41, 5.74) is 0.420. The summed E-state index contributed by atoms with van der Waals surface area (Å²) in [6.07, 6.45) is 10.3. The summed E-state index contributed by atoms with van der Waals surface area (Å²) in [6, 6.07) is 3.02. The Labute approximate surface area is 193 Å². The molecular formula is C25H30N2O6. The standard InChI is InChI=1S/C25H30N2O6/c1-16-7-8-22(29)17(2)21(28)6-4-5-19-13-20(32-12-11-27-10-9-26-15-27)14-23(30)24(19)25(31)33-18(16)3/h4-5,7-10,13-18,21,28,30H,6,11-12H2,1-3H3/b5-4+,8-7-/t16-,17+,18+,21+/m1/s1. The van der Waals surface area contributed by atoms with Gasteiger partial charge in [-0.05, 0) is 31.1 Å². The van der Waals surface area contributed by atoms with Crippen LogP contribution in [0.1, 0.15) is 43.1 Å². The van der Waals surface area contributed by atoms with Crippen molar-refractivity contribution in [2.45, 2.75) is 45.9 Å². The van der Waals surface area contributed by atoms with E-state index < -0.39 is 24.1 Å². The molecule has 2 heterocycles. The molecule has 2 aromatic rings. The molecule has 0 saturated heterocycles. The van der Waals surface area contributed by atoms with E-state index in [1.54, 1.807) is 50.7 Å². The number of phenols is 1.